The van der Waals surface area contributed by atoms with Crippen molar-refractivity contribution in [3.05, 3.63) is 53.0 Å². The van der Waals surface area contributed by atoms with Crippen molar-refractivity contribution >= 4 is 5.91 Å². The molecule has 0 fully saturated rings. The molecule has 0 saturated heterocycles. The minimum absolute atomic E-state index is 0.0515. The van der Waals surface area contributed by atoms with Crippen molar-refractivity contribution in [3.8, 4) is 0 Å². The Labute approximate surface area is 122 Å². The first kappa shape index (κ1) is 15.0. The van der Waals surface area contributed by atoms with Crippen molar-refractivity contribution in [2.45, 2.75) is 13.1 Å². The molecule has 2 aromatic rings. The average molecular weight is 290 g/mol. The van der Waals surface area contributed by atoms with E-state index in [0.29, 0.717) is 6.54 Å². The lowest BCUT2D eigenvalue weighted by molar-refractivity contribution is -0.133. The highest BCUT2D eigenvalue weighted by molar-refractivity contribution is 5.75. The van der Waals surface area contributed by atoms with E-state index in [1.807, 2.05) is 11.6 Å². The standard InChI is InChI=1S/C14H18N4O3/c1-16-7-5-15-12(16)10-18(8-9-19)14(21)11-17-6-3-2-4-13(17)20/h2-7,19H,8-11H2,1H3. The average Bonchev–Trinajstić information content (AvgIpc) is 2.86. The molecule has 0 aliphatic heterocycles. The third-order valence-electron chi connectivity index (χ3n) is 3.18. The van der Waals surface area contributed by atoms with E-state index >= 15 is 0 Å². The van der Waals surface area contributed by atoms with Crippen LogP contribution in [0.3, 0.4) is 0 Å². The molecule has 2 aromatic heterocycles. The zero-order chi connectivity index (χ0) is 15.2. The summed E-state index contributed by atoms with van der Waals surface area (Å²) in [4.78, 5) is 29.6. The van der Waals surface area contributed by atoms with Gasteiger partial charge in [0.1, 0.15) is 12.4 Å². The van der Waals surface area contributed by atoms with Gasteiger partial charge in [-0.25, -0.2) is 4.98 Å². The lowest BCUT2D eigenvalue weighted by Gasteiger charge is -2.21. The molecule has 0 saturated carbocycles. The van der Waals surface area contributed by atoms with Crippen LogP contribution in [0.1, 0.15) is 5.82 Å². The van der Waals surface area contributed by atoms with Gasteiger partial charge in [-0.05, 0) is 6.07 Å². The van der Waals surface area contributed by atoms with Gasteiger partial charge in [-0.3, -0.25) is 9.59 Å². The number of aliphatic hydroxyl groups is 1. The maximum absolute atomic E-state index is 12.3. The number of imidazole rings is 1. The van der Waals surface area contributed by atoms with Crippen LogP contribution < -0.4 is 5.56 Å². The van der Waals surface area contributed by atoms with Gasteiger partial charge in [0.2, 0.25) is 5.91 Å². The van der Waals surface area contributed by atoms with E-state index in [0.717, 1.165) is 5.82 Å². The molecule has 0 aromatic carbocycles. The molecule has 7 nitrogen and oxygen atoms in total. The summed E-state index contributed by atoms with van der Waals surface area (Å²) >= 11 is 0. The number of carbonyl (C=O) groups excluding carboxylic acids is 1. The molecule has 0 aliphatic carbocycles. The second-order valence-corrected chi connectivity index (χ2v) is 4.66. The number of aromatic nitrogens is 3. The Morgan fingerprint density at radius 3 is 2.81 bits per heavy atom. The SMILES string of the molecule is Cn1ccnc1CN(CCO)C(=O)Cn1ccccc1=O. The maximum Gasteiger partial charge on any atom is 0.250 e. The lowest BCUT2D eigenvalue weighted by atomic mass is 10.4. The summed E-state index contributed by atoms with van der Waals surface area (Å²) in [5, 5.41) is 9.11. The van der Waals surface area contributed by atoms with Crippen molar-refractivity contribution in [1.82, 2.24) is 19.0 Å². The smallest absolute Gasteiger partial charge is 0.250 e. The van der Waals surface area contributed by atoms with E-state index in [9.17, 15) is 9.59 Å². The molecule has 2 heterocycles. The first-order valence-electron chi connectivity index (χ1n) is 6.62. The third kappa shape index (κ3) is 3.79. The number of amides is 1. The molecule has 112 valence electrons. The summed E-state index contributed by atoms with van der Waals surface area (Å²) in [5.74, 6) is 0.484. The predicted molar refractivity (Wildman–Crippen MR) is 76.4 cm³/mol. The summed E-state index contributed by atoms with van der Waals surface area (Å²) in [6.07, 6.45) is 5.01. The number of rotatable bonds is 6. The topological polar surface area (TPSA) is 80.4 Å². The number of aliphatic hydroxyl groups excluding tert-OH is 1. The fourth-order valence-corrected chi connectivity index (χ4v) is 1.97. The summed E-state index contributed by atoms with van der Waals surface area (Å²) in [5.41, 5.74) is -0.230. The Balaban J connectivity index is 2.11. The second kappa shape index (κ2) is 6.85. The predicted octanol–water partition coefficient (Wildman–Crippen LogP) is -0.397. The number of nitrogens with zero attached hydrogens (tertiary/aromatic N) is 4. The van der Waals surface area contributed by atoms with Crippen LogP contribution in [0.2, 0.25) is 0 Å². The quantitative estimate of drug-likeness (QED) is 0.785. The van der Waals surface area contributed by atoms with Crippen LogP contribution in [-0.2, 0) is 24.9 Å². The molecule has 1 N–H and O–H groups in total. The van der Waals surface area contributed by atoms with E-state index in [1.165, 1.54) is 15.5 Å². The molecule has 1 amide bonds. The van der Waals surface area contributed by atoms with Gasteiger partial charge in [-0.1, -0.05) is 6.07 Å². The van der Waals surface area contributed by atoms with E-state index in [2.05, 4.69) is 4.98 Å². The van der Waals surface area contributed by atoms with Crippen molar-refractivity contribution < 1.29 is 9.90 Å². The Hall–Kier alpha value is -2.41. The van der Waals surface area contributed by atoms with Crippen LogP contribution in [0.5, 0.6) is 0 Å². The molecule has 0 bridgehead atoms. The van der Waals surface area contributed by atoms with Crippen molar-refractivity contribution in [2.75, 3.05) is 13.2 Å². The fraction of sp³-hybridized carbons (Fsp3) is 0.357. The molecule has 2 rings (SSSR count). The van der Waals surface area contributed by atoms with Gasteiger partial charge in [-0.2, -0.15) is 0 Å². The molecular formula is C14H18N4O3. The van der Waals surface area contributed by atoms with Crippen LogP contribution in [-0.4, -0.2) is 43.2 Å². The largest absolute Gasteiger partial charge is 0.395 e. The summed E-state index contributed by atoms with van der Waals surface area (Å²) < 4.78 is 3.15. The highest BCUT2D eigenvalue weighted by atomic mass is 16.3. The van der Waals surface area contributed by atoms with Gasteiger partial charge in [0.15, 0.2) is 0 Å². The minimum atomic E-state index is -0.236. The van der Waals surface area contributed by atoms with Gasteiger partial charge in [-0.15, -0.1) is 0 Å². The van der Waals surface area contributed by atoms with Gasteiger partial charge in [0.05, 0.1) is 13.2 Å². The summed E-state index contributed by atoms with van der Waals surface area (Å²) in [7, 11) is 1.84. The molecule has 21 heavy (non-hydrogen) atoms. The zero-order valence-corrected chi connectivity index (χ0v) is 11.8. The van der Waals surface area contributed by atoms with Crippen LogP contribution in [0.15, 0.2) is 41.6 Å². The first-order valence-corrected chi connectivity index (χ1v) is 6.62. The molecular weight excluding hydrogens is 272 g/mol. The van der Waals surface area contributed by atoms with Gasteiger partial charge in [0.25, 0.3) is 5.56 Å². The van der Waals surface area contributed by atoms with Crippen LogP contribution in [0, 0.1) is 0 Å². The van der Waals surface area contributed by atoms with E-state index < -0.39 is 0 Å². The Bertz CT molecular complexity index is 662. The van der Waals surface area contributed by atoms with Crippen LogP contribution in [0.25, 0.3) is 0 Å². The van der Waals surface area contributed by atoms with Crippen LogP contribution >= 0.6 is 0 Å². The van der Waals surface area contributed by atoms with Crippen molar-refractivity contribution in [2.24, 2.45) is 7.05 Å². The van der Waals surface area contributed by atoms with Gasteiger partial charge < -0.3 is 19.1 Å². The second-order valence-electron chi connectivity index (χ2n) is 4.66. The van der Waals surface area contributed by atoms with E-state index in [1.54, 1.807) is 30.7 Å². The molecule has 0 radical (unpaired) electrons. The number of hydrogen-bond donors (Lipinski definition) is 1. The Morgan fingerprint density at radius 1 is 1.38 bits per heavy atom. The van der Waals surface area contributed by atoms with Crippen molar-refractivity contribution in [3.63, 3.8) is 0 Å². The summed E-state index contributed by atoms with van der Waals surface area (Å²) in [6, 6.07) is 4.73. The molecule has 7 heteroatoms. The zero-order valence-electron chi connectivity index (χ0n) is 11.8. The fourth-order valence-electron chi connectivity index (χ4n) is 1.97. The normalized spacial score (nSPS) is 10.6. The van der Waals surface area contributed by atoms with E-state index in [4.69, 9.17) is 5.11 Å². The van der Waals surface area contributed by atoms with Gasteiger partial charge in [0, 0.05) is 38.2 Å². The number of aryl methyl sites for hydroxylation is 1. The number of carbonyl (C=O) groups is 1. The highest BCUT2D eigenvalue weighted by Gasteiger charge is 2.16. The number of hydrogen-bond acceptors (Lipinski definition) is 4. The highest BCUT2D eigenvalue weighted by Crippen LogP contribution is 2.03. The molecule has 0 unspecified atom stereocenters. The maximum atomic E-state index is 12.3. The summed E-state index contributed by atoms with van der Waals surface area (Å²) in [6.45, 7) is 0.307. The molecule has 0 atom stereocenters. The van der Waals surface area contributed by atoms with Crippen LogP contribution in [0.4, 0.5) is 0 Å². The molecule has 0 aliphatic rings. The monoisotopic (exact) mass is 290 g/mol. The Kier molecular flexibility index (Phi) is 4.89. The van der Waals surface area contributed by atoms with Gasteiger partial charge >= 0.3 is 0 Å². The third-order valence-corrected chi connectivity index (χ3v) is 3.18. The lowest BCUT2D eigenvalue weighted by Crippen LogP contribution is -2.38. The minimum Gasteiger partial charge on any atom is -0.395 e. The molecule has 0 spiro atoms. The van der Waals surface area contributed by atoms with E-state index in [-0.39, 0.29) is 31.2 Å². The number of pyridine rings is 1. The Morgan fingerprint density at radius 2 is 2.19 bits per heavy atom. The van der Waals surface area contributed by atoms with Crippen molar-refractivity contribution in [1.29, 1.82) is 0 Å². The first-order chi connectivity index (χ1) is 10.1.